The van der Waals surface area contributed by atoms with Gasteiger partial charge in [-0.1, -0.05) is 0 Å². The lowest BCUT2D eigenvalue weighted by Crippen LogP contribution is -2.57. The van der Waals surface area contributed by atoms with Crippen LogP contribution in [0.15, 0.2) is 0 Å². The van der Waals surface area contributed by atoms with Gasteiger partial charge in [0.15, 0.2) is 6.29 Å². The summed E-state index contributed by atoms with van der Waals surface area (Å²) in [6.45, 7) is 5.46. The number of aliphatic hydroxyl groups excluding tert-OH is 1. The van der Waals surface area contributed by atoms with E-state index in [2.05, 4.69) is 13.8 Å². The second kappa shape index (κ2) is 5.24. The van der Waals surface area contributed by atoms with Crippen LogP contribution in [0, 0.1) is 23.2 Å². The first-order valence-electron chi connectivity index (χ1n) is 8.31. The van der Waals surface area contributed by atoms with Crippen molar-refractivity contribution in [3.63, 3.8) is 0 Å². The van der Waals surface area contributed by atoms with Gasteiger partial charge in [0, 0.05) is 5.41 Å². The first kappa shape index (κ1) is 15.3. The van der Waals surface area contributed by atoms with E-state index in [1.165, 1.54) is 45.4 Å². The maximum Gasteiger partial charge on any atom is 0.332 e. The van der Waals surface area contributed by atoms with Crippen LogP contribution in [0.2, 0.25) is 0 Å². The average molecular weight is 296 g/mol. The van der Waals surface area contributed by atoms with Gasteiger partial charge in [0.05, 0.1) is 0 Å². The van der Waals surface area contributed by atoms with Crippen LogP contribution < -0.4 is 0 Å². The van der Waals surface area contributed by atoms with Crippen LogP contribution in [0.4, 0.5) is 0 Å². The molecule has 1 atom stereocenters. The predicted molar refractivity (Wildman–Crippen MR) is 78.4 cm³/mol. The molecule has 0 radical (unpaired) electrons. The average Bonchev–Trinajstić information content (AvgIpc) is 2.34. The molecule has 4 bridgehead atoms. The van der Waals surface area contributed by atoms with Crippen molar-refractivity contribution in [2.45, 2.75) is 71.2 Å². The Labute approximate surface area is 127 Å². The third-order valence-electron chi connectivity index (χ3n) is 6.13. The maximum atomic E-state index is 12.0. The molecule has 4 fully saturated rings. The van der Waals surface area contributed by atoms with E-state index in [-0.39, 0.29) is 18.0 Å². The highest BCUT2D eigenvalue weighted by atomic mass is 16.6. The van der Waals surface area contributed by atoms with Gasteiger partial charge in [-0.15, -0.1) is 0 Å². The second-order valence-electron chi connectivity index (χ2n) is 8.09. The van der Waals surface area contributed by atoms with E-state index >= 15 is 0 Å². The fourth-order valence-corrected chi connectivity index (χ4v) is 5.46. The summed E-state index contributed by atoms with van der Waals surface area (Å²) in [6.07, 6.45) is 6.83. The molecule has 4 nitrogen and oxygen atoms in total. The summed E-state index contributed by atoms with van der Waals surface area (Å²) in [5.41, 5.74) is -0.287. The molecule has 4 aliphatic rings. The summed E-state index contributed by atoms with van der Waals surface area (Å²) in [5.74, 6) is 2.14. The van der Waals surface area contributed by atoms with E-state index < -0.39 is 11.9 Å². The third kappa shape index (κ3) is 2.85. The van der Waals surface area contributed by atoms with Gasteiger partial charge in [-0.3, -0.25) is 0 Å². The van der Waals surface area contributed by atoms with E-state index in [4.69, 9.17) is 14.6 Å². The molecule has 0 amide bonds. The minimum atomic E-state index is -0.930. The van der Waals surface area contributed by atoms with Crippen molar-refractivity contribution >= 4 is 5.97 Å². The van der Waals surface area contributed by atoms with E-state index in [1.54, 1.807) is 0 Å². The van der Waals surface area contributed by atoms with Crippen molar-refractivity contribution in [1.82, 2.24) is 0 Å². The Morgan fingerprint density at radius 1 is 1.19 bits per heavy atom. The molecule has 4 saturated carbocycles. The van der Waals surface area contributed by atoms with E-state index in [0.29, 0.717) is 0 Å². The molecule has 4 aliphatic carbocycles. The highest BCUT2D eigenvalue weighted by Gasteiger charge is 2.58. The van der Waals surface area contributed by atoms with Gasteiger partial charge < -0.3 is 14.6 Å². The van der Waals surface area contributed by atoms with Crippen LogP contribution in [0.1, 0.15) is 59.3 Å². The minimum absolute atomic E-state index is 0.155. The minimum Gasteiger partial charge on any atom is -0.457 e. The third-order valence-corrected chi connectivity index (χ3v) is 6.13. The molecule has 21 heavy (non-hydrogen) atoms. The van der Waals surface area contributed by atoms with Crippen LogP contribution in [0.3, 0.4) is 0 Å². The number of rotatable bonds is 5. The highest BCUT2D eigenvalue weighted by molar-refractivity contribution is 5.71. The van der Waals surface area contributed by atoms with Crippen molar-refractivity contribution in [3.8, 4) is 0 Å². The van der Waals surface area contributed by atoms with E-state index in [0.717, 1.165) is 17.8 Å². The molecule has 0 saturated heterocycles. The number of ether oxygens (including phenoxy) is 2. The molecule has 0 aromatic rings. The van der Waals surface area contributed by atoms with Gasteiger partial charge in [-0.2, -0.15) is 0 Å². The molecule has 4 heteroatoms. The summed E-state index contributed by atoms with van der Waals surface area (Å²) in [4.78, 5) is 12.0. The second-order valence-corrected chi connectivity index (χ2v) is 8.09. The quantitative estimate of drug-likeness (QED) is 0.626. The maximum absolute atomic E-state index is 12.0. The standard InChI is InChI=1S/C17H28O4/c1-11(18)20-10-15(19)21-16(2,3)17-7-12-4-13(8-17)6-14(5-12)9-17/h11-14,18H,4-10H2,1-3H3. The molecule has 1 unspecified atom stereocenters. The van der Waals surface area contributed by atoms with Crippen molar-refractivity contribution in [2.75, 3.05) is 6.61 Å². The number of carbonyl (C=O) groups is 1. The van der Waals surface area contributed by atoms with Gasteiger partial charge in [-0.05, 0) is 77.0 Å². The van der Waals surface area contributed by atoms with Crippen molar-refractivity contribution < 1.29 is 19.4 Å². The first-order valence-corrected chi connectivity index (χ1v) is 8.31. The van der Waals surface area contributed by atoms with Gasteiger partial charge in [0.1, 0.15) is 12.2 Å². The number of hydrogen-bond donors (Lipinski definition) is 1. The smallest absolute Gasteiger partial charge is 0.332 e. The van der Waals surface area contributed by atoms with Crippen molar-refractivity contribution in [2.24, 2.45) is 23.2 Å². The molecule has 4 rings (SSSR count). The van der Waals surface area contributed by atoms with Crippen molar-refractivity contribution in [1.29, 1.82) is 0 Å². The molecule has 0 heterocycles. The SMILES string of the molecule is CC(O)OCC(=O)OC(C)(C)C12CC3CC(CC(C3)C1)C2. The molecule has 1 N–H and O–H groups in total. The zero-order chi connectivity index (χ0) is 15.3. The molecular weight excluding hydrogens is 268 g/mol. The normalized spacial score (nSPS) is 39.3. The lowest BCUT2D eigenvalue weighted by molar-refractivity contribution is -0.206. The van der Waals surface area contributed by atoms with E-state index in [9.17, 15) is 4.79 Å². The van der Waals surface area contributed by atoms with Gasteiger partial charge in [-0.25, -0.2) is 4.79 Å². The van der Waals surface area contributed by atoms with Crippen LogP contribution in [-0.4, -0.2) is 29.6 Å². The summed E-state index contributed by atoms with van der Waals surface area (Å²) in [7, 11) is 0. The largest absolute Gasteiger partial charge is 0.457 e. The zero-order valence-corrected chi connectivity index (χ0v) is 13.4. The molecular formula is C17H28O4. The Hall–Kier alpha value is -0.610. The molecule has 120 valence electrons. The van der Waals surface area contributed by atoms with Crippen LogP contribution in [-0.2, 0) is 14.3 Å². The Balaban J connectivity index is 1.68. The first-order chi connectivity index (χ1) is 9.80. The highest BCUT2D eigenvalue weighted by Crippen LogP contribution is 2.64. The molecule has 0 aromatic heterocycles. The Kier molecular flexibility index (Phi) is 3.81. The van der Waals surface area contributed by atoms with E-state index in [1.807, 2.05) is 0 Å². The molecule has 0 spiro atoms. The van der Waals surface area contributed by atoms with Gasteiger partial charge in [0.2, 0.25) is 0 Å². The summed E-state index contributed by atoms with van der Waals surface area (Å²) < 4.78 is 10.7. The summed E-state index contributed by atoms with van der Waals surface area (Å²) >= 11 is 0. The predicted octanol–water partition coefficient (Wildman–Crippen LogP) is 2.88. The number of aliphatic hydroxyl groups is 1. The Morgan fingerprint density at radius 2 is 1.67 bits per heavy atom. The Morgan fingerprint density at radius 3 is 2.10 bits per heavy atom. The molecule has 0 aromatic carbocycles. The van der Waals surface area contributed by atoms with Gasteiger partial charge >= 0.3 is 5.97 Å². The zero-order valence-electron chi connectivity index (χ0n) is 13.4. The van der Waals surface area contributed by atoms with Crippen LogP contribution in [0.25, 0.3) is 0 Å². The van der Waals surface area contributed by atoms with Gasteiger partial charge in [0.25, 0.3) is 0 Å². The summed E-state index contributed by atoms with van der Waals surface area (Å²) in [6, 6.07) is 0. The number of hydrogen-bond acceptors (Lipinski definition) is 4. The number of carbonyl (C=O) groups excluding carboxylic acids is 1. The fourth-order valence-electron chi connectivity index (χ4n) is 5.46. The monoisotopic (exact) mass is 296 g/mol. The lowest BCUT2D eigenvalue weighted by Gasteiger charge is -2.61. The Bertz CT molecular complexity index is 378. The molecule has 0 aliphatic heterocycles. The lowest BCUT2D eigenvalue weighted by atomic mass is 9.46. The van der Waals surface area contributed by atoms with Crippen LogP contribution in [0.5, 0.6) is 0 Å². The van der Waals surface area contributed by atoms with Crippen LogP contribution >= 0.6 is 0 Å². The topological polar surface area (TPSA) is 55.8 Å². The fraction of sp³-hybridized carbons (Fsp3) is 0.941. The number of esters is 1. The van der Waals surface area contributed by atoms with Crippen molar-refractivity contribution in [3.05, 3.63) is 0 Å². The summed E-state index contributed by atoms with van der Waals surface area (Å²) in [5, 5.41) is 9.10.